The van der Waals surface area contributed by atoms with E-state index in [9.17, 15) is 9.59 Å². The molecule has 0 unspecified atom stereocenters. The van der Waals surface area contributed by atoms with Crippen molar-refractivity contribution in [1.29, 1.82) is 0 Å². The number of rotatable bonds is 3. The Labute approximate surface area is 85.2 Å². The predicted octanol–water partition coefficient (Wildman–Crippen LogP) is 0.482. The Bertz CT molecular complexity index is 300. The zero-order chi connectivity index (χ0) is 10.7. The molecule has 3 N–H and O–H groups in total. The average Bonchev–Trinajstić information content (AvgIpc) is 2.07. The van der Waals surface area contributed by atoms with Crippen LogP contribution in [0, 0.1) is 0 Å². The highest BCUT2D eigenvalue weighted by atomic mass is 32.2. The molecule has 0 fully saturated rings. The van der Waals surface area contributed by atoms with Crippen LogP contribution in [0.3, 0.4) is 0 Å². The van der Waals surface area contributed by atoms with Gasteiger partial charge in [0.05, 0.1) is 11.8 Å². The van der Waals surface area contributed by atoms with E-state index < -0.39 is 11.9 Å². The molecule has 78 valence electrons. The number of carbonyl (C=O) groups is 2. The van der Waals surface area contributed by atoms with Crippen LogP contribution in [0.25, 0.3) is 0 Å². The monoisotopic (exact) mass is 217 g/mol. The molecule has 6 heteroatoms. The first-order valence-electron chi connectivity index (χ1n) is 4.03. The van der Waals surface area contributed by atoms with Crippen molar-refractivity contribution in [3.8, 4) is 0 Å². The Morgan fingerprint density at radius 3 is 2.71 bits per heavy atom. The molecule has 1 aliphatic heterocycles. The molecule has 5 nitrogen and oxygen atoms in total. The number of hydrogen-bond donors (Lipinski definition) is 3. The summed E-state index contributed by atoms with van der Waals surface area (Å²) >= 11 is 1.41. The summed E-state index contributed by atoms with van der Waals surface area (Å²) in [7, 11) is 0. The Morgan fingerprint density at radius 1 is 1.57 bits per heavy atom. The van der Waals surface area contributed by atoms with Gasteiger partial charge in [-0.1, -0.05) is 0 Å². The van der Waals surface area contributed by atoms with Crippen molar-refractivity contribution in [3.05, 3.63) is 11.3 Å². The summed E-state index contributed by atoms with van der Waals surface area (Å²) in [6.45, 7) is 1.72. The average molecular weight is 217 g/mol. The standard InChI is InChI=1S/C8H11NO4S/c1-4-3-14-5(2-6(10)11)9-7(4)8(12)13/h5,9H,2-3H2,1H3,(H,10,11)(H,12,13)/t5-/m1/s1. The molecular weight excluding hydrogens is 206 g/mol. The highest BCUT2D eigenvalue weighted by Crippen LogP contribution is 2.23. The van der Waals surface area contributed by atoms with Crippen molar-refractivity contribution < 1.29 is 19.8 Å². The Balaban J connectivity index is 2.67. The van der Waals surface area contributed by atoms with E-state index in [0.29, 0.717) is 5.75 Å². The summed E-state index contributed by atoms with van der Waals surface area (Å²) in [5.74, 6) is -1.40. The molecule has 14 heavy (non-hydrogen) atoms. The molecule has 1 heterocycles. The van der Waals surface area contributed by atoms with Crippen LogP contribution in [0.1, 0.15) is 13.3 Å². The fourth-order valence-corrected chi connectivity index (χ4v) is 2.19. The zero-order valence-electron chi connectivity index (χ0n) is 7.61. The SMILES string of the molecule is CC1=C(C(=O)O)N[C@@H](CC(=O)O)SC1. The van der Waals surface area contributed by atoms with Gasteiger partial charge < -0.3 is 15.5 Å². The minimum absolute atomic E-state index is 0.0747. The van der Waals surface area contributed by atoms with Gasteiger partial charge in [0.25, 0.3) is 0 Å². The summed E-state index contributed by atoms with van der Waals surface area (Å²) < 4.78 is 0. The molecule has 0 aromatic heterocycles. The van der Waals surface area contributed by atoms with E-state index in [1.807, 2.05) is 0 Å². The van der Waals surface area contributed by atoms with Gasteiger partial charge in [0.2, 0.25) is 0 Å². The molecule has 0 aromatic carbocycles. The van der Waals surface area contributed by atoms with Crippen molar-refractivity contribution in [2.24, 2.45) is 0 Å². The summed E-state index contributed by atoms with van der Waals surface area (Å²) in [4.78, 5) is 21.1. The molecule has 0 spiro atoms. The van der Waals surface area contributed by atoms with Crippen LogP contribution < -0.4 is 5.32 Å². The van der Waals surface area contributed by atoms with Gasteiger partial charge in [-0.25, -0.2) is 4.79 Å². The maximum atomic E-state index is 10.7. The van der Waals surface area contributed by atoms with Gasteiger partial charge >= 0.3 is 11.9 Å². The molecule has 0 aliphatic carbocycles. The number of nitrogens with one attached hydrogen (secondary N) is 1. The molecular formula is C8H11NO4S. The van der Waals surface area contributed by atoms with Crippen molar-refractivity contribution in [2.45, 2.75) is 18.7 Å². The number of carboxylic acids is 2. The molecule has 0 saturated heterocycles. The third-order valence-electron chi connectivity index (χ3n) is 1.81. The summed E-state index contributed by atoms with van der Waals surface area (Å²) in [6.07, 6.45) is -0.0747. The highest BCUT2D eigenvalue weighted by Gasteiger charge is 2.24. The number of carboxylic acid groups (broad SMARTS) is 2. The summed E-state index contributed by atoms with van der Waals surface area (Å²) in [6, 6.07) is 0. The Hall–Kier alpha value is -1.17. The zero-order valence-corrected chi connectivity index (χ0v) is 8.43. The lowest BCUT2D eigenvalue weighted by atomic mass is 10.2. The van der Waals surface area contributed by atoms with Crippen LogP contribution in [-0.4, -0.2) is 33.3 Å². The fourth-order valence-electron chi connectivity index (χ4n) is 1.14. The van der Waals surface area contributed by atoms with Crippen molar-refractivity contribution in [2.75, 3.05) is 5.75 Å². The highest BCUT2D eigenvalue weighted by molar-refractivity contribution is 8.00. The third kappa shape index (κ3) is 2.66. The van der Waals surface area contributed by atoms with E-state index in [1.54, 1.807) is 6.92 Å². The molecule has 0 aromatic rings. The second kappa shape index (κ2) is 4.36. The number of aliphatic carboxylic acids is 2. The molecule has 0 amide bonds. The first-order valence-corrected chi connectivity index (χ1v) is 5.08. The summed E-state index contributed by atoms with van der Waals surface area (Å²) in [5.41, 5.74) is 0.874. The van der Waals surface area contributed by atoms with Gasteiger partial charge in [-0.15, -0.1) is 11.8 Å². The minimum atomic E-state index is -1.03. The lowest BCUT2D eigenvalue weighted by molar-refractivity contribution is -0.137. The lowest BCUT2D eigenvalue weighted by Gasteiger charge is -2.24. The van der Waals surface area contributed by atoms with Gasteiger partial charge in [0, 0.05) is 5.75 Å². The Morgan fingerprint density at radius 2 is 2.21 bits per heavy atom. The van der Waals surface area contributed by atoms with Crippen LogP contribution in [-0.2, 0) is 9.59 Å². The topological polar surface area (TPSA) is 86.6 Å². The fraction of sp³-hybridized carbons (Fsp3) is 0.500. The quantitative estimate of drug-likeness (QED) is 0.637. The molecule has 0 saturated carbocycles. The van der Waals surface area contributed by atoms with Crippen LogP contribution >= 0.6 is 11.8 Å². The second-order valence-corrected chi connectivity index (χ2v) is 4.19. The van der Waals surface area contributed by atoms with Gasteiger partial charge in [0.15, 0.2) is 0 Å². The summed E-state index contributed by atoms with van der Waals surface area (Å²) in [5, 5.41) is 19.7. The molecule has 0 bridgehead atoms. The van der Waals surface area contributed by atoms with Crippen LogP contribution in [0.2, 0.25) is 0 Å². The van der Waals surface area contributed by atoms with E-state index in [4.69, 9.17) is 10.2 Å². The van der Waals surface area contributed by atoms with E-state index in [-0.39, 0.29) is 17.5 Å². The van der Waals surface area contributed by atoms with E-state index in [2.05, 4.69) is 5.32 Å². The second-order valence-electron chi connectivity index (χ2n) is 3.00. The van der Waals surface area contributed by atoms with Gasteiger partial charge in [-0.3, -0.25) is 4.79 Å². The molecule has 1 atom stereocenters. The van der Waals surface area contributed by atoms with E-state index in [0.717, 1.165) is 5.57 Å². The smallest absolute Gasteiger partial charge is 0.351 e. The first kappa shape index (κ1) is 10.9. The molecule has 1 rings (SSSR count). The number of hydrogen-bond acceptors (Lipinski definition) is 4. The third-order valence-corrected chi connectivity index (χ3v) is 3.09. The van der Waals surface area contributed by atoms with Crippen LogP contribution in [0.5, 0.6) is 0 Å². The largest absolute Gasteiger partial charge is 0.481 e. The minimum Gasteiger partial charge on any atom is -0.481 e. The van der Waals surface area contributed by atoms with Crippen LogP contribution in [0.4, 0.5) is 0 Å². The van der Waals surface area contributed by atoms with Gasteiger partial charge in [0.1, 0.15) is 5.70 Å². The maximum Gasteiger partial charge on any atom is 0.351 e. The van der Waals surface area contributed by atoms with Crippen LogP contribution in [0.15, 0.2) is 11.3 Å². The lowest BCUT2D eigenvalue weighted by Crippen LogP contribution is -2.35. The van der Waals surface area contributed by atoms with Crippen molar-refractivity contribution >= 4 is 23.7 Å². The number of thioether (sulfide) groups is 1. The van der Waals surface area contributed by atoms with E-state index >= 15 is 0 Å². The van der Waals surface area contributed by atoms with E-state index in [1.165, 1.54) is 11.8 Å². The first-order chi connectivity index (χ1) is 6.50. The van der Waals surface area contributed by atoms with Gasteiger partial charge in [-0.05, 0) is 12.5 Å². The van der Waals surface area contributed by atoms with Crippen molar-refractivity contribution in [1.82, 2.24) is 5.32 Å². The predicted molar refractivity (Wildman–Crippen MR) is 52.0 cm³/mol. The molecule has 1 aliphatic rings. The van der Waals surface area contributed by atoms with Crippen molar-refractivity contribution in [3.63, 3.8) is 0 Å². The Kier molecular flexibility index (Phi) is 3.40. The molecule has 0 radical (unpaired) electrons. The maximum absolute atomic E-state index is 10.7. The normalized spacial score (nSPS) is 21.6. The van der Waals surface area contributed by atoms with Gasteiger partial charge in [-0.2, -0.15) is 0 Å².